The SMILES string of the molecule is Cc1[nH]c2ccc(CNC(=O)N3CCOC(C(N)=O)C3)cc2c1C. The van der Waals surface area contributed by atoms with Gasteiger partial charge >= 0.3 is 6.03 Å². The number of nitrogens with zero attached hydrogens (tertiary/aromatic N) is 1. The Kier molecular flexibility index (Phi) is 4.44. The number of aromatic amines is 1. The summed E-state index contributed by atoms with van der Waals surface area (Å²) in [6.07, 6.45) is -0.730. The maximum atomic E-state index is 12.3. The largest absolute Gasteiger partial charge is 0.367 e. The van der Waals surface area contributed by atoms with Crippen molar-refractivity contribution in [3.63, 3.8) is 0 Å². The van der Waals surface area contributed by atoms with E-state index in [1.807, 2.05) is 19.1 Å². The topological polar surface area (TPSA) is 100 Å². The van der Waals surface area contributed by atoms with Crippen molar-refractivity contribution in [1.29, 1.82) is 0 Å². The van der Waals surface area contributed by atoms with E-state index in [0.717, 1.165) is 16.8 Å². The number of fused-ring (bicyclic) bond motifs is 1. The quantitative estimate of drug-likeness (QED) is 0.788. The first-order valence-corrected chi connectivity index (χ1v) is 7.97. The molecule has 1 fully saturated rings. The Balaban J connectivity index is 1.63. The fourth-order valence-corrected chi connectivity index (χ4v) is 2.91. The summed E-state index contributed by atoms with van der Waals surface area (Å²) in [4.78, 5) is 28.4. The van der Waals surface area contributed by atoms with Gasteiger partial charge in [0.1, 0.15) is 0 Å². The Labute approximate surface area is 140 Å². The summed E-state index contributed by atoms with van der Waals surface area (Å²) in [6, 6.07) is 5.88. The summed E-state index contributed by atoms with van der Waals surface area (Å²) in [5, 5.41) is 4.05. The molecule has 1 unspecified atom stereocenters. The number of hydrogen-bond acceptors (Lipinski definition) is 3. The van der Waals surface area contributed by atoms with E-state index in [1.165, 1.54) is 10.9 Å². The molecule has 128 valence electrons. The average molecular weight is 330 g/mol. The van der Waals surface area contributed by atoms with Crippen LogP contribution in [-0.4, -0.2) is 47.6 Å². The summed E-state index contributed by atoms with van der Waals surface area (Å²) >= 11 is 0. The molecule has 1 aliphatic rings. The number of carbonyl (C=O) groups excluding carboxylic acids is 2. The van der Waals surface area contributed by atoms with E-state index in [-0.39, 0.29) is 12.6 Å². The second-order valence-corrected chi connectivity index (χ2v) is 6.12. The number of benzene rings is 1. The van der Waals surface area contributed by atoms with Crippen LogP contribution < -0.4 is 11.1 Å². The Bertz CT molecular complexity index is 783. The zero-order chi connectivity index (χ0) is 17.3. The molecule has 0 radical (unpaired) electrons. The Morgan fingerprint density at radius 3 is 2.96 bits per heavy atom. The number of carbonyl (C=O) groups is 2. The number of ether oxygens (including phenoxy) is 1. The van der Waals surface area contributed by atoms with Crippen molar-refractivity contribution < 1.29 is 14.3 Å². The van der Waals surface area contributed by atoms with Gasteiger partial charge in [-0.15, -0.1) is 0 Å². The van der Waals surface area contributed by atoms with Crippen LogP contribution in [0.4, 0.5) is 4.79 Å². The van der Waals surface area contributed by atoms with Crippen molar-refractivity contribution >= 4 is 22.8 Å². The van der Waals surface area contributed by atoms with Crippen molar-refractivity contribution in [3.8, 4) is 0 Å². The molecule has 3 amide bonds. The molecule has 24 heavy (non-hydrogen) atoms. The number of H-pyrrole nitrogens is 1. The normalized spacial score (nSPS) is 17.9. The average Bonchev–Trinajstić information content (AvgIpc) is 2.87. The third kappa shape index (κ3) is 3.21. The number of urea groups is 1. The minimum absolute atomic E-state index is 0.191. The molecule has 2 aromatic rings. The van der Waals surface area contributed by atoms with Gasteiger partial charge in [0, 0.05) is 29.7 Å². The number of aromatic nitrogens is 1. The number of amides is 3. The van der Waals surface area contributed by atoms with E-state index < -0.39 is 12.0 Å². The summed E-state index contributed by atoms with van der Waals surface area (Å²) in [5.74, 6) is -0.545. The highest BCUT2D eigenvalue weighted by atomic mass is 16.5. The van der Waals surface area contributed by atoms with Crippen LogP contribution in [0.3, 0.4) is 0 Å². The summed E-state index contributed by atoms with van der Waals surface area (Å²) < 4.78 is 5.25. The number of nitrogens with two attached hydrogens (primary N) is 1. The molecular formula is C17H22N4O3. The lowest BCUT2D eigenvalue weighted by Crippen LogP contribution is -2.53. The van der Waals surface area contributed by atoms with Crippen LogP contribution in [0.5, 0.6) is 0 Å². The van der Waals surface area contributed by atoms with Crippen molar-refractivity contribution in [1.82, 2.24) is 15.2 Å². The Morgan fingerprint density at radius 2 is 2.21 bits per heavy atom. The molecule has 0 bridgehead atoms. The fraction of sp³-hybridized carbons (Fsp3) is 0.412. The van der Waals surface area contributed by atoms with Gasteiger partial charge in [-0.1, -0.05) is 6.07 Å². The monoisotopic (exact) mass is 330 g/mol. The summed E-state index contributed by atoms with van der Waals surface area (Å²) in [6.45, 7) is 5.51. The molecule has 2 heterocycles. The highest BCUT2D eigenvalue weighted by Gasteiger charge is 2.27. The first-order valence-electron chi connectivity index (χ1n) is 7.97. The van der Waals surface area contributed by atoms with Crippen LogP contribution in [0, 0.1) is 13.8 Å². The van der Waals surface area contributed by atoms with Crippen LogP contribution in [-0.2, 0) is 16.1 Å². The maximum Gasteiger partial charge on any atom is 0.317 e. The van der Waals surface area contributed by atoms with Crippen LogP contribution in [0.2, 0.25) is 0 Å². The smallest absolute Gasteiger partial charge is 0.317 e. The van der Waals surface area contributed by atoms with Crippen LogP contribution in [0.25, 0.3) is 10.9 Å². The van der Waals surface area contributed by atoms with Gasteiger partial charge in [-0.05, 0) is 37.1 Å². The van der Waals surface area contributed by atoms with Gasteiger partial charge in [0.2, 0.25) is 5.91 Å². The Morgan fingerprint density at radius 1 is 1.42 bits per heavy atom. The van der Waals surface area contributed by atoms with E-state index in [4.69, 9.17) is 10.5 Å². The molecule has 0 aliphatic carbocycles. The van der Waals surface area contributed by atoms with Gasteiger partial charge in [0.25, 0.3) is 0 Å². The highest BCUT2D eigenvalue weighted by molar-refractivity contribution is 5.85. The van der Waals surface area contributed by atoms with Crippen molar-refractivity contribution in [2.75, 3.05) is 19.7 Å². The van der Waals surface area contributed by atoms with Crippen LogP contribution >= 0.6 is 0 Å². The van der Waals surface area contributed by atoms with E-state index in [2.05, 4.69) is 23.3 Å². The first kappa shape index (κ1) is 16.3. The second kappa shape index (κ2) is 6.52. The molecule has 1 aromatic carbocycles. The minimum Gasteiger partial charge on any atom is -0.367 e. The molecule has 0 spiro atoms. The molecule has 7 nitrogen and oxygen atoms in total. The molecule has 4 N–H and O–H groups in total. The predicted molar refractivity (Wildman–Crippen MR) is 90.5 cm³/mol. The molecule has 3 rings (SSSR count). The number of primary amides is 1. The lowest BCUT2D eigenvalue weighted by Gasteiger charge is -2.31. The van der Waals surface area contributed by atoms with E-state index in [1.54, 1.807) is 4.90 Å². The standard InChI is InChI=1S/C17H22N4O3/c1-10-11(2)20-14-4-3-12(7-13(10)14)8-19-17(23)21-5-6-24-15(9-21)16(18)22/h3-4,7,15,20H,5-6,8-9H2,1-2H3,(H2,18,22)(H,19,23). The highest BCUT2D eigenvalue weighted by Crippen LogP contribution is 2.22. The molecule has 1 aliphatic heterocycles. The molecular weight excluding hydrogens is 308 g/mol. The van der Waals surface area contributed by atoms with Crippen LogP contribution in [0.15, 0.2) is 18.2 Å². The van der Waals surface area contributed by atoms with Crippen molar-refractivity contribution in [2.45, 2.75) is 26.5 Å². The molecule has 7 heteroatoms. The van der Waals surface area contributed by atoms with E-state index in [9.17, 15) is 9.59 Å². The first-order chi connectivity index (χ1) is 11.5. The minimum atomic E-state index is -0.730. The predicted octanol–water partition coefficient (Wildman–Crippen LogP) is 1.18. The number of nitrogens with one attached hydrogen (secondary N) is 2. The van der Waals surface area contributed by atoms with Crippen molar-refractivity contribution in [2.24, 2.45) is 5.73 Å². The van der Waals surface area contributed by atoms with Crippen molar-refractivity contribution in [3.05, 3.63) is 35.0 Å². The number of aryl methyl sites for hydroxylation is 2. The third-order valence-corrected chi connectivity index (χ3v) is 4.49. The third-order valence-electron chi connectivity index (χ3n) is 4.49. The maximum absolute atomic E-state index is 12.3. The lowest BCUT2D eigenvalue weighted by molar-refractivity contribution is -0.133. The fourth-order valence-electron chi connectivity index (χ4n) is 2.91. The zero-order valence-electron chi connectivity index (χ0n) is 13.9. The van der Waals surface area contributed by atoms with Gasteiger partial charge in [-0.2, -0.15) is 0 Å². The van der Waals surface area contributed by atoms with Gasteiger partial charge in [0.15, 0.2) is 6.10 Å². The molecule has 1 atom stereocenters. The molecule has 1 saturated heterocycles. The summed E-state index contributed by atoms with van der Waals surface area (Å²) in [7, 11) is 0. The van der Waals surface area contributed by atoms with Gasteiger partial charge < -0.3 is 25.7 Å². The number of morpholine rings is 1. The van der Waals surface area contributed by atoms with E-state index in [0.29, 0.717) is 19.7 Å². The van der Waals surface area contributed by atoms with Gasteiger partial charge in [0.05, 0.1) is 13.2 Å². The molecule has 0 saturated carbocycles. The Hall–Kier alpha value is -2.54. The van der Waals surface area contributed by atoms with E-state index >= 15 is 0 Å². The summed E-state index contributed by atoms with van der Waals surface area (Å²) in [5.41, 5.74) is 9.73. The number of hydrogen-bond donors (Lipinski definition) is 3. The van der Waals surface area contributed by atoms with Gasteiger partial charge in [-0.3, -0.25) is 4.79 Å². The number of rotatable bonds is 3. The molecule has 1 aromatic heterocycles. The zero-order valence-corrected chi connectivity index (χ0v) is 13.9. The van der Waals surface area contributed by atoms with Crippen LogP contribution in [0.1, 0.15) is 16.8 Å². The van der Waals surface area contributed by atoms with Gasteiger partial charge in [-0.25, -0.2) is 4.79 Å². The lowest BCUT2D eigenvalue weighted by atomic mass is 10.1. The second-order valence-electron chi connectivity index (χ2n) is 6.12.